The number of nitrogens with one attached hydrogen (secondary N) is 1. The van der Waals surface area contributed by atoms with E-state index in [2.05, 4.69) is 74.4 Å². The Morgan fingerprint density at radius 3 is 2.94 bits per heavy atom. The molecule has 3 rings (SSSR count). The van der Waals surface area contributed by atoms with Crippen molar-refractivity contribution in [2.24, 2.45) is 0 Å². The average Bonchev–Trinajstić information content (AvgIpc) is 2.64. The Hall–Kier alpha value is -0.0400. The fraction of sp³-hybridized carbons (Fsp3) is 0.231. The molecule has 1 aromatic heterocycles. The molecule has 0 spiro atoms. The molecule has 0 bridgehead atoms. The van der Waals surface area contributed by atoms with Crippen molar-refractivity contribution in [2.45, 2.75) is 12.8 Å². The lowest BCUT2D eigenvalue weighted by Crippen LogP contribution is -1.98. The van der Waals surface area contributed by atoms with Gasteiger partial charge in [-0.15, -0.1) is 0 Å². The van der Waals surface area contributed by atoms with Crippen molar-refractivity contribution in [1.29, 1.82) is 0 Å². The Bertz CT molecular complexity index is 581. The highest BCUT2D eigenvalue weighted by Gasteiger charge is 2.15. The predicted octanol–water partition coefficient (Wildman–Crippen LogP) is 4.54. The van der Waals surface area contributed by atoms with Crippen molar-refractivity contribution in [1.82, 2.24) is 4.98 Å². The maximum absolute atomic E-state index is 3.54. The minimum Gasteiger partial charge on any atom is -0.355 e. The summed E-state index contributed by atoms with van der Waals surface area (Å²) < 4.78 is 2.44. The van der Waals surface area contributed by atoms with Crippen molar-refractivity contribution in [2.75, 3.05) is 4.43 Å². The van der Waals surface area contributed by atoms with E-state index in [1.165, 1.54) is 38.6 Å². The third-order valence-corrected chi connectivity index (χ3v) is 4.77. The fourth-order valence-corrected chi connectivity index (χ4v) is 3.40. The number of alkyl halides is 1. The van der Waals surface area contributed by atoms with Gasteiger partial charge in [-0.3, -0.25) is 0 Å². The molecule has 16 heavy (non-hydrogen) atoms. The molecular formula is C13H11I2N. The Morgan fingerprint density at radius 1 is 1.25 bits per heavy atom. The summed E-state index contributed by atoms with van der Waals surface area (Å²) in [6.07, 6.45) is 4.73. The summed E-state index contributed by atoms with van der Waals surface area (Å²) in [5.41, 5.74) is 5.66. The zero-order valence-electron chi connectivity index (χ0n) is 8.69. The fourth-order valence-electron chi connectivity index (χ4n) is 2.31. The van der Waals surface area contributed by atoms with Gasteiger partial charge in [0.1, 0.15) is 0 Å². The molecule has 1 heterocycles. The van der Waals surface area contributed by atoms with E-state index < -0.39 is 0 Å². The van der Waals surface area contributed by atoms with Gasteiger partial charge in [0.05, 0.1) is 0 Å². The molecule has 0 saturated heterocycles. The van der Waals surface area contributed by atoms with Crippen LogP contribution in [0.5, 0.6) is 0 Å². The van der Waals surface area contributed by atoms with E-state index >= 15 is 0 Å². The minimum atomic E-state index is 1.14. The number of H-pyrrole nitrogens is 1. The molecule has 1 aromatic carbocycles. The highest BCUT2D eigenvalue weighted by atomic mass is 127. The second-order valence-corrected chi connectivity index (χ2v) is 6.15. The van der Waals surface area contributed by atoms with Crippen molar-refractivity contribution in [3.8, 4) is 0 Å². The zero-order valence-corrected chi connectivity index (χ0v) is 13.0. The van der Waals surface area contributed by atoms with Crippen LogP contribution in [0.4, 0.5) is 0 Å². The van der Waals surface area contributed by atoms with E-state index in [9.17, 15) is 0 Å². The maximum Gasteiger partial charge on any atom is 0.0472 e. The monoisotopic (exact) mass is 435 g/mol. The first-order valence-electron chi connectivity index (χ1n) is 5.33. The average molecular weight is 435 g/mol. The summed E-state index contributed by atoms with van der Waals surface area (Å²) in [4.78, 5) is 3.54. The van der Waals surface area contributed by atoms with Crippen molar-refractivity contribution in [3.05, 3.63) is 38.6 Å². The van der Waals surface area contributed by atoms with Gasteiger partial charge in [0.25, 0.3) is 0 Å². The molecule has 1 N–H and O–H groups in total. The summed E-state index contributed by atoms with van der Waals surface area (Å²) in [7, 11) is 0. The highest BCUT2D eigenvalue weighted by molar-refractivity contribution is 14.1. The zero-order chi connectivity index (χ0) is 11.1. The van der Waals surface area contributed by atoms with Gasteiger partial charge in [0, 0.05) is 24.6 Å². The Labute approximate surface area is 122 Å². The Balaban J connectivity index is 2.23. The first kappa shape index (κ1) is 11.1. The first-order valence-corrected chi connectivity index (χ1v) is 7.94. The molecule has 2 aromatic rings. The molecule has 0 radical (unpaired) electrons. The van der Waals surface area contributed by atoms with Crippen LogP contribution in [0, 0.1) is 3.57 Å². The number of allylic oxidation sites excluding steroid dienone is 1. The number of aryl methyl sites for hydroxylation is 1. The van der Waals surface area contributed by atoms with Gasteiger partial charge in [-0.2, -0.15) is 0 Å². The molecule has 1 aliphatic rings. The molecule has 0 aliphatic heterocycles. The number of hydrogen-bond acceptors (Lipinski definition) is 0. The molecule has 0 fully saturated rings. The molecule has 1 nitrogen and oxygen atoms in total. The van der Waals surface area contributed by atoms with Gasteiger partial charge in [-0.05, 0) is 59.2 Å². The second-order valence-electron chi connectivity index (χ2n) is 4.14. The first-order chi connectivity index (χ1) is 7.78. The second kappa shape index (κ2) is 4.33. The minimum absolute atomic E-state index is 1.14. The molecular weight excluding hydrogens is 424 g/mol. The van der Waals surface area contributed by atoms with Gasteiger partial charge < -0.3 is 4.98 Å². The number of aromatic amines is 1. The SMILES string of the molecule is ICC1=Cc2[nH]c3cc(I)ccc3c2CC1. The van der Waals surface area contributed by atoms with Crippen LogP contribution in [0.3, 0.4) is 0 Å². The third kappa shape index (κ3) is 1.81. The molecule has 0 amide bonds. The molecule has 0 unspecified atom stereocenters. The lowest BCUT2D eigenvalue weighted by atomic mass is 9.96. The van der Waals surface area contributed by atoms with Crippen LogP contribution in [0.1, 0.15) is 17.7 Å². The number of rotatable bonds is 1. The quantitative estimate of drug-likeness (QED) is 0.501. The van der Waals surface area contributed by atoms with Gasteiger partial charge in [-0.25, -0.2) is 0 Å². The van der Waals surface area contributed by atoms with Gasteiger partial charge in [0.2, 0.25) is 0 Å². The number of aromatic nitrogens is 1. The highest BCUT2D eigenvalue weighted by Crippen LogP contribution is 2.31. The van der Waals surface area contributed by atoms with Crippen molar-refractivity contribution >= 4 is 62.2 Å². The standard InChI is InChI=1S/C13H11I2N/c14-7-8-1-3-10-11-4-2-9(15)6-13(11)16-12(10)5-8/h2,4-6,16H,1,3,7H2. The topological polar surface area (TPSA) is 15.8 Å². The normalized spacial score (nSPS) is 15.0. The van der Waals surface area contributed by atoms with Crippen molar-refractivity contribution < 1.29 is 0 Å². The van der Waals surface area contributed by atoms with Crippen LogP contribution in [-0.4, -0.2) is 9.41 Å². The van der Waals surface area contributed by atoms with Gasteiger partial charge in [-0.1, -0.05) is 34.2 Å². The summed E-state index contributed by atoms with van der Waals surface area (Å²) in [5, 5.41) is 1.40. The summed E-state index contributed by atoms with van der Waals surface area (Å²) in [6, 6.07) is 6.66. The Morgan fingerprint density at radius 2 is 2.12 bits per heavy atom. The molecule has 3 heteroatoms. The van der Waals surface area contributed by atoms with E-state index in [0.29, 0.717) is 0 Å². The van der Waals surface area contributed by atoms with Crippen LogP contribution in [0.25, 0.3) is 17.0 Å². The van der Waals surface area contributed by atoms with Crippen LogP contribution in [0.2, 0.25) is 0 Å². The smallest absolute Gasteiger partial charge is 0.0472 e. The largest absolute Gasteiger partial charge is 0.355 e. The van der Waals surface area contributed by atoms with Crippen LogP contribution in [0.15, 0.2) is 23.8 Å². The lowest BCUT2D eigenvalue weighted by Gasteiger charge is -2.11. The van der Waals surface area contributed by atoms with E-state index in [4.69, 9.17) is 0 Å². The lowest BCUT2D eigenvalue weighted by molar-refractivity contribution is 0.940. The molecule has 0 saturated carbocycles. The summed E-state index contributed by atoms with van der Waals surface area (Å²) >= 11 is 4.81. The van der Waals surface area contributed by atoms with Gasteiger partial charge in [0.15, 0.2) is 0 Å². The summed E-state index contributed by atoms with van der Waals surface area (Å²) in [5.74, 6) is 0. The van der Waals surface area contributed by atoms with E-state index in [1.54, 1.807) is 5.57 Å². The van der Waals surface area contributed by atoms with E-state index in [-0.39, 0.29) is 0 Å². The number of benzene rings is 1. The molecule has 82 valence electrons. The number of halogens is 2. The van der Waals surface area contributed by atoms with Crippen LogP contribution < -0.4 is 0 Å². The molecule has 1 aliphatic carbocycles. The number of hydrogen-bond donors (Lipinski definition) is 1. The summed E-state index contributed by atoms with van der Waals surface area (Å²) in [6.45, 7) is 0. The predicted molar refractivity (Wildman–Crippen MR) is 86.2 cm³/mol. The third-order valence-electron chi connectivity index (χ3n) is 3.12. The Kier molecular flexibility index (Phi) is 2.99. The van der Waals surface area contributed by atoms with Crippen LogP contribution >= 0.6 is 45.2 Å². The van der Waals surface area contributed by atoms with Crippen molar-refractivity contribution in [3.63, 3.8) is 0 Å². The number of fused-ring (bicyclic) bond motifs is 3. The molecule has 0 atom stereocenters. The van der Waals surface area contributed by atoms with Crippen LogP contribution in [-0.2, 0) is 6.42 Å². The van der Waals surface area contributed by atoms with E-state index in [0.717, 1.165) is 4.43 Å². The maximum atomic E-state index is 3.54. The van der Waals surface area contributed by atoms with E-state index in [1.807, 2.05) is 0 Å². The van der Waals surface area contributed by atoms with Gasteiger partial charge >= 0.3 is 0 Å².